The highest BCUT2D eigenvalue weighted by Gasteiger charge is 2.11. The third kappa shape index (κ3) is 2.47. The quantitative estimate of drug-likeness (QED) is 0.834. The van der Waals surface area contributed by atoms with Gasteiger partial charge in [-0.05, 0) is 31.5 Å². The number of benzene rings is 1. The summed E-state index contributed by atoms with van der Waals surface area (Å²) < 4.78 is 1.17. The predicted molar refractivity (Wildman–Crippen MR) is 72.7 cm³/mol. The van der Waals surface area contributed by atoms with E-state index in [1.807, 2.05) is 25.1 Å². The van der Waals surface area contributed by atoms with E-state index in [4.69, 9.17) is 0 Å². The lowest BCUT2D eigenvalue weighted by Crippen LogP contribution is -2.28. The van der Waals surface area contributed by atoms with E-state index in [1.165, 1.54) is 4.70 Å². The lowest BCUT2D eigenvalue weighted by atomic mass is 10.2. The zero-order valence-electron chi connectivity index (χ0n) is 10.4. The first-order valence-corrected chi connectivity index (χ1v) is 6.58. The van der Waals surface area contributed by atoms with Crippen molar-refractivity contribution in [2.24, 2.45) is 0 Å². The molecule has 1 heterocycles. The van der Waals surface area contributed by atoms with Gasteiger partial charge in [0.2, 0.25) is 5.91 Å². The molecule has 0 fully saturated rings. The lowest BCUT2D eigenvalue weighted by Gasteiger charge is -2.20. The van der Waals surface area contributed by atoms with E-state index in [2.05, 4.69) is 11.9 Å². The molecule has 0 radical (unpaired) electrons. The van der Waals surface area contributed by atoms with Crippen molar-refractivity contribution in [2.45, 2.75) is 27.2 Å². The van der Waals surface area contributed by atoms with Crippen LogP contribution in [0.25, 0.3) is 10.2 Å². The Labute approximate surface area is 105 Å². The number of nitrogens with zero attached hydrogens (tertiary/aromatic N) is 2. The largest absolute Gasteiger partial charge is 0.313 e. The second-order valence-corrected chi connectivity index (χ2v) is 5.29. The highest BCUT2D eigenvalue weighted by molar-refractivity contribution is 7.18. The van der Waals surface area contributed by atoms with Crippen molar-refractivity contribution >= 4 is 33.1 Å². The Bertz CT molecular complexity index is 547. The van der Waals surface area contributed by atoms with Gasteiger partial charge in [-0.25, -0.2) is 4.98 Å². The molecule has 1 amide bonds. The van der Waals surface area contributed by atoms with Gasteiger partial charge in [-0.15, -0.1) is 11.3 Å². The van der Waals surface area contributed by atoms with Crippen LogP contribution in [-0.2, 0) is 4.79 Å². The number of fused-ring (bicyclic) bond motifs is 1. The third-order valence-corrected chi connectivity index (χ3v) is 3.57. The van der Waals surface area contributed by atoms with E-state index in [-0.39, 0.29) is 5.91 Å². The van der Waals surface area contributed by atoms with Gasteiger partial charge in [-0.1, -0.05) is 6.92 Å². The number of aryl methyl sites for hydroxylation is 1. The van der Waals surface area contributed by atoms with Crippen molar-refractivity contribution in [1.29, 1.82) is 0 Å². The molecule has 17 heavy (non-hydrogen) atoms. The van der Waals surface area contributed by atoms with Gasteiger partial charge < -0.3 is 4.90 Å². The molecule has 0 saturated carbocycles. The first-order chi connectivity index (χ1) is 8.11. The second kappa shape index (κ2) is 4.84. The van der Waals surface area contributed by atoms with Crippen molar-refractivity contribution in [2.75, 3.05) is 11.4 Å². The van der Waals surface area contributed by atoms with Crippen LogP contribution >= 0.6 is 11.3 Å². The van der Waals surface area contributed by atoms with Crippen LogP contribution < -0.4 is 4.90 Å². The highest BCUT2D eigenvalue weighted by Crippen LogP contribution is 2.26. The number of aromatic nitrogens is 1. The summed E-state index contributed by atoms with van der Waals surface area (Å²) in [4.78, 5) is 17.8. The summed E-state index contributed by atoms with van der Waals surface area (Å²) in [5.74, 6) is 0.0816. The van der Waals surface area contributed by atoms with E-state index >= 15 is 0 Å². The molecule has 0 N–H and O–H groups in total. The second-order valence-electron chi connectivity index (χ2n) is 4.06. The summed E-state index contributed by atoms with van der Waals surface area (Å²) in [5, 5.41) is 1.06. The summed E-state index contributed by atoms with van der Waals surface area (Å²) in [7, 11) is 0. The molecule has 4 heteroatoms. The minimum Gasteiger partial charge on any atom is -0.313 e. The van der Waals surface area contributed by atoms with Crippen molar-refractivity contribution in [3.8, 4) is 0 Å². The number of carbonyl (C=O) groups excluding carboxylic acids is 1. The maximum absolute atomic E-state index is 11.6. The fraction of sp³-hybridized carbons (Fsp3) is 0.385. The van der Waals surface area contributed by atoms with Gasteiger partial charge in [0, 0.05) is 19.2 Å². The Morgan fingerprint density at radius 1 is 1.47 bits per heavy atom. The van der Waals surface area contributed by atoms with Crippen LogP contribution in [0.2, 0.25) is 0 Å². The number of rotatable bonds is 3. The van der Waals surface area contributed by atoms with Gasteiger partial charge in [-0.3, -0.25) is 4.79 Å². The van der Waals surface area contributed by atoms with E-state index in [1.54, 1.807) is 23.2 Å². The first kappa shape index (κ1) is 12.0. The summed E-state index contributed by atoms with van der Waals surface area (Å²) in [6, 6.07) is 6.04. The minimum atomic E-state index is 0.0816. The zero-order valence-corrected chi connectivity index (χ0v) is 11.2. The molecule has 1 aromatic heterocycles. The van der Waals surface area contributed by atoms with Crippen molar-refractivity contribution in [3.63, 3.8) is 0 Å². The minimum absolute atomic E-state index is 0.0816. The number of hydrogen-bond donors (Lipinski definition) is 0. The Hall–Kier alpha value is -1.42. The Balaban J connectivity index is 2.42. The van der Waals surface area contributed by atoms with Crippen LogP contribution in [0.1, 0.15) is 25.3 Å². The maximum Gasteiger partial charge on any atom is 0.223 e. The topological polar surface area (TPSA) is 33.2 Å². The molecule has 0 aliphatic heterocycles. The van der Waals surface area contributed by atoms with Crippen LogP contribution in [0.3, 0.4) is 0 Å². The van der Waals surface area contributed by atoms with Crippen LogP contribution in [-0.4, -0.2) is 17.4 Å². The van der Waals surface area contributed by atoms with E-state index in [0.29, 0.717) is 0 Å². The summed E-state index contributed by atoms with van der Waals surface area (Å²) >= 11 is 1.68. The van der Waals surface area contributed by atoms with Gasteiger partial charge >= 0.3 is 0 Å². The number of hydrogen-bond acceptors (Lipinski definition) is 3. The van der Waals surface area contributed by atoms with Crippen LogP contribution in [0.15, 0.2) is 18.2 Å². The molecular weight excluding hydrogens is 232 g/mol. The van der Waals surface area contributed by atoms with Crippen molar-refractivity contribution in [1.82, 2.24) is 4.98 Å². The highest BCUT2D eigenvalue weighted by atomic mass is 32.1. The molecule has 0 bridgehead atoms. The molecule has 3 nitrogen and oxygen atoms in total. The Morgan fingerprint density at radius 2 is 2.24 bits per heavy atom. The average molecular weight is 248 g/mol. The van der Waals surface area contributed by atoms with Crippen molar-refractivity contribution < 1.29 is 4.79 Å². The third-order valence-electron chi connectivity index (χ3n) is 2.62. The molecule has 0 spiro atoms. The van der Waals surface area contributed by atoms with E-state index in [9.17, 15) is 4.79 Å². The van der Waals surface area contributed by atoms with Crippen LogP contribution in [0, 0.1) is 6.92 Å². The monoisotopic (exact) mass is 248 g/mol. The fourth-order valence-corrected chi connectivity index (χ4v) is 2.70. The summed E-state index contributed by atoms with van der Waals surface area (Å²) in [6.07, 6.45) is 0.952. The lowest BCUT2D eigenvalue weighted by molar-refractivity contribution is -0.116. The molecule has 2 rings (SSSR count). The SMILES string of the molecule is CCCN(C(C)=O)c1ccc2sc(C)nc2c1. The molecule has 2 aromatic rings. The average Bonchev–Trinajstić information content (AvgIpc) is 2.64. The Morgan fingerprint density at radius 3 is 2.88 bits per heavy atom. The molecule has 0 aliphatic carbocycles. The number of amides is 1. The molecule has 0 atom stereocenters. The van der Waals surface area contributed by atoms with E-state index in [0.717, 1.165) is 29.2 Å². The van der Waals surface area contributed by atoms with Gasteiger partial charge in [0.1, 0.15) is 0 Å². The predicted octanol–water partition coefficient (Wildman–Crippen LogP) is 3.37. The van der Waals surface area contributed by atoms with Gasteiger partial charge in [-0.2, -0.15) is 0 Å². The van der Waals surface area contributed by atoms with E-state index < -0.39 is 0 Å². The Kier molecular flexibility index (Phi) is 3.43. The molecular formula is C13H16N2OS. The standard InChI is InChI=1S/C13H16N2OS/c1-4-7-15(10(3)16)11-5-6-13-12(8-11)14-9(2)17-13/h5-6,8H,4,7H2,1-3H3. The molecule has 0 aliphatic rings. The molecule has 1 aromatic carbocycles. The zero-order chi connectivity index (χ0) is 12.4. The van der Waals surface area contributed by atoms with Crippen LogP contribution in [0.5, 0.6) is 0 Å². The fourth-order valence-electron chi connectivity index (χ4n) is 1.89. The van der Waals surface area contributed by atoms with Crippen molar-refractivity contribution in [3.05, 3.63) is 23.2 Å². The summed E-state index contributed by atoms with van der Waals surface area (Å²) in [6.45, 7) is 6.43. The van der Waals surface area contributed by atoms with Gasteiger partial charge in [0.15, 0.2) is 0 Å². The van der Waals surface area contributed by atoms with Gasteiger partial charge in [0.25, 0.3) is 0 Å². The smallest absolute Gasteiger partial charge is 0.223 e. The van der Waals surface area contributed by atoms with Crippen LogP contribution in [0.4, 0.5) is 5.69 Å². The summed E-state index contributed by atoms with van der Waals surface area (Å²) in [5.41, 5.74) is 1.92. The number of carbonyl (C=O) groups is 1. The first-order valence-electron chi connectivity index (χ1n) is 5.77. The number of thiazole rings is 1. The normalized spacial score (nSPS) is 10.8. The number of anilines is 1. The van der Waals surface area contributed by atoms with Gasteiger partial charge in [0.05, 0.1) is 15.2 Å². The molecule has 0 saturated heterocycles. The molecule has 90 valence electrons. The molecule has 0 unspecified atom stereocenters. The maximum atomic E-state index is 11.6.